The zero-order valence-corrected chi connectivity index (χ0v) is 20.6. The van der Waals surface area contributed by atoms with Gasteiger partial charge in [-0.2, -0.15) is 0 Å². The molecule has 8 heteroatoms. The van der Waals surface area contributed by atoms with Gasteiger partial charge in [0.2, 0.25) is 5.88 Å². The van der Waals surface area contributed by atoms with Crippen molar-refractivity contribution in [1.82, 2.24) is 15.6 Å². The van der Waals surface area contributed by atoms with Gasteiger partial charge in [0.05, 0.1) is 32.6 Å². The Morgan fingerprint density at radius 1 is 1.00 bits per heavy atom. The van der Waals surface area contributed by atoms with Gasteiger partial charge >= 0.3 is 0 Å². The average Bonchev–Trinajstić information content (AvgIpc) is 2.74. The van der Waals surface area contributed by atoms with Crippen molar-refractivity contribution in [3.8, 4) is 17.4 Å². The van der Waals surface area contributed by atoms with Crippen molar-refractivity contribution in [2.75, 3.05) is 33.4 Å². The van der Waals surface area contributed by atoms with E-state index in [1.54, 1.807) is 7.11 Å². The van der Waals surface area contributed by atoms with Crippen molar-refractivity contribution < 1.29 is 14.2 Å². The highest BCUT2D eigenvalue weighted by Crippen LogP contribution is 2.28. The first-order valence-corrected chi connectivity index (χ1v) is 10.1. The molecule has 0 saturated carbocycles. The molecular formula is C22H33IN4O3. The normalized spacial score (nSPS) is 10.7. The third-order valence-electron chi connectivity index (χ3n) is 4.05. The summed E-state index contributed by atoms with van der Waals surface area (Å²) in [7, 11) is 1.61. The SMILES string of the molecule is CCNC(=NCc1cccc(OC)n1)NCCc1ccc(OCC)c(OCC)c1.I. The zero-order chi connectivity index (χ0) is 20.9. The molecule has 0 atom stereocenters. The second-order valence-electron chi connectivity index (χ2n) is 6.19. The fourth-order valence-electron chi connectivity index (χ4n) is 2.74. The summed E-state index contributed by atoms with van der Waals surface area (Å²) in [6.45, 7) is 9.22. The molecule has 0 bridgehead atoms. The first kappa shape index (κ1) is 25.8. The molecule has 0 saturated heterocycles. The molecule has 0 aliphatic heterocycles. The van der Waals surface area contributed by atoms with Crippen LogP contribution in [0, 0.1) is 0 Å². The number of hydrogen-bond acceptors (Lipinski definition) is 5. The summed E-state index contributed by atoms with van der Waals surface area (Å²) < 4.78 is 16.5. The van der Waals surface area contributed by atoms with E-state index >= 15 is 0 Å². The monoisotopic (exact) mass is 528 g/mol. The molecule has 0 aliphatic rings. The number of guanidine groups is 1. The number of ether oxygens (including phenoxy) is 3. The van der Waals surface area contributed by atoms with Gasteiger partial charge in [-0.1, -0.05) is 12.1 Å². The van der Waals surface area contributed by atoms with Crippen LogP contribution in [0.15, 0.2) is 41.4 Å². The lowest BCUT2D eigenvalue weighted by atomic mass is 10.1. The average molecular weight is 528 g/mol. The Hall–Kier alpha value is -2.23. The topological polar surface area (TPSA) is 77.0 Å². The third kappa shape index (κ3) is 8.64. The van der Waals surface area contributed by atoms with Gasteiger partial charge in [0, 0.05) is 19.2 Å². The Balaban J connectivity index is 0.00000450. The van der Waals surface area contributed by atoms with E-state index < -0.39 is 0 Å². The molecule has 2 aromatic rings. The Labute approximate surface area is 196 Å². The lowest BCUT2D eigenvalue weighted by molar-refractivity contribution is 0.287. The van der Waals surface area contributed by atoms with Gasteiger partial charge in [-0.15, -0.1) is 24.0 Å². The number of hydrogen-bond donors (Lipinski definition) is 2. The smallest absolute Gasteiger partial charge is 0.213 e. The minimum atomic E-state index is 0. The van der Waals surface area contributed by atoms with E-state index in [0.717, 1.165) is 42.7 Å². The maximum Gasteiger partial charge on any atom is 0.213 e. The van der Waals surface area contributed by atoms with Crippen LogP contribution < -0.4 is 24.8 Å². The van der Waals surface area contributed by atoms with Crippen LogP contribution in [-0.4, -0.2) is 44.4 Å². The zero-order valence-electron chi connectivity index (χ0n) is 18.2. The van der Waals surface area contributed by atoms with Crippen LogP contribution in [0.2, 0.25) is 0 Å². The summed E-state index contributed by atoms with van der Waals surface area (Å²) in [6.07, 6.45) is 0.842. The highest BCUT2D eigenvalue weighted by atomic mass is 127. The number of benzene rings is 1. The predicted molar refractivity (Wildman–Crippen MR) is 132 cm³/mol. The second kappa shape index (κ2) is 14.7. The van der Waals surface area contributed by atoms with E-state index in [-0.39, 0.29) is 24.0 Å². The molecule has 0 radical (unpaired) electrons. The van der Waals surface area contributed by atoms with Crippen molar-refractivity contribution in [2.45, 2.75) is 33.7 Å². The van der Waals surface area contributed by atoms with E-state index in [9.17, 15) is 0 Å². The lowest BCUT2D eigenvalue weighted by Crippen LogP contribution is -2.38. The van der Waals surface area contributed by atoms with Crippen molar-refractivity contribution in [3.63, 3.8) is 0 Å². The standard InChI is InChI=1S/C22H32N4O3.HI/c1-5-23-22(25-16-18-9-8-10-21(26-18)27-4)24-14-13-17-11-12-19(28-6-2)20(15-17)29-7-3;/h8-12,15H,5-7,13-14,16H2,1-4H3,(H2,23,24,25);1H. The fraction of sp³-hybridized carbons (Fsp3) is 0.455. The molecule has 2 N–H and O–H groups in total. The van der Waals surface area contributed by atoms with Gasteiger partial charge in [-0.25, -0.2) is 9.98 Å². The van der Waals surface area contributed by atoms with Crippen LogP contribution in [0.3, 0.4) is 0 Å². The van der Waals surface area contributed by atoms with Crippen molar-refractivity contribution in [3.05, 3.63) is 47.7 Å². The molecule has 7 nitrogen and oxygen atoms in total. The molecular weight excluding hydrogens is 495 g/mol. The summed E-state index contributed by atoms with van der Waals surface area (Å²) in [5, 5.41) is 6.63. The fourth-order valence-corrected chi connectivity index (χ4v) is 2.74. The van der Waals surface area contributed by atoms with Crippen molar-refractivity contribution in [1.29, 1.82) is 0 Å². The lowest BCUT2D eigenvalue weighted by Gasteiger charge is -2.14. The number of nitrogens with zero attached hydrogens (tertiary/aromatic N) is 2. The molecule has 166 valence electrons. The summed E-state index contributed by atoms with van der Waals surface area (Å²) >= 11 is 0. The molecule has 0 fully saturated rings. The van der Waals surface area contributed by atoms with Crippen molar-refractivity contribution >= 4 is 29.9 Å². The van der Waals surface area contributed by atoms with Crippen LogP contribution in [-0.2, 0) is 13.0 Å². The first-order valence-electron chi connectivity index (χ1n) is 10.1. The largest absolute Gasteiger partial charge is 0.490 e. The molecule has 0 aliphatic carbocycles. The van der Waals surface area contributed by atoms with Gasteiger partial charge in [-0.3, -0.25) is 0 Å². The molecule has 0 spiro atoms. The minimum Gasteiger partial charge on any atom is -0.490 e. The Morgan fingerprint density at radius 3 is 2.47 bits per heavy atom. The van der Waals surface area contributed by atoms with Crippen LogP contribution >= 0.6 is 24.0 Å². The van der Waals surface area contributed by atoms with Crippen LogP contribution in [0.4, 0.5) is 0 Å². The van der Waals surface area contributed by atoms with Crippen molar-refractivity contribution in [2.24, 2.45) is 4.99 Å². The number of halogens is 1. The van der Waals surface area contributed by atoms with Crippen LogP contribution in [0.25, 0.3) is 0 Å². The quantitative estimate of drug-likeness (QED) is 0.263. The molecule has 1 aromatic heterocycles. The summed E-state index contributed by atoms with van der Waals surface area (Å²) in [6, 6.07) is 11.8. The molecule has 0 unspecified atom stereocenters. The number of aromatic nitrogens is 1. The van der Waals surface area contributed by atoms with E-state index in [1.165, 1.54) is 5.56 Å². The Kier molecular flexibility index (Phi) is 12.6. The number of rotatable bonds is 11. The van der Waals surface area contributed by atoms with Crippen LogP contribution in [0.1, 0.15) is 32.0 Å². The Morgan fingerprint density at radius 2 is 1.77 bits per heavy atom. The Bertz CT molecular complexity index is 787. The molecule has 0 amide bonds. The number of nitrogens with one attached hydrogen (secondary N) is 2. The molecule has 30 heavy (non-hydrogen) atoms. The van der Waals surface area contributed by atoms with Crippen LogP contribution in [0.5, 0.6) is 17.4 Å². The highest BCUT2D eigenvalue weighted by Gasteiger charge is 2.07. The molecule has 1 heterocycles. The number of aliphatic imine (C=N–C) groups is 1. The van der Waals surface area contributed by atoms with Gasteiger partial charge in [0.1, 0.15) is 0 Å². The minimum absolute atomic E-state index is 0. The summed E-state index contributed by atoms with van der Waals surface area (Å²) in [4.78, 5) is 9.00. The van der Waals surface area contributed by atoms with Gasteiger partial charge in [0.25, 0.3) is 0 Å². The second-order valence-corrected chi connectivity index (χ2v) is 6.19. The maximum atomic E-state index is 5.70. The highest BCUT2D eigenvalue weighted by molar-refractivity contribution is 14.0. The van der Waals surface area contributed by atoms with E-state index in [0.29, 0.717) is 25.6 Å². The van der Waals surface area contributed by atoms with Gasteiger partial charge < -0.3 is 24.8 Å². The maximum absolute atomic E-state index is 5.70. The van der Waals surface area contributed by atoms with E-state index in [4.69, 9.17) is 14.2 Å². The summed E-state index contributed by atoms with van der Waals surface area (Å²) in [5.74, 6) is 2.92. The number of pyridine rings is 1. The third-order valence-corrected chi connectivity index (χ3v) is 4.05. The molecule has 2 rings (SSSR count). The van der Waals surface area contributed by atoms with E-state index in [2.05, 4.69) is 26.7 Å². The molecule has 1 aromatic carbocycles. The summed E-state index contributed by atoms with van der Waals surface area (Å²) in [5.41, 5.74) is 2.03. The number of methoxy groups -OCH3 is 1. The van der Waals surface area contributed by atoms with Gasteiger partial charge in [-0.05, 0) is 51.0 Å². The first-order chi connectivity index (χ1) is 14.2. The predicted octanol–water partition coefficient (Wildman–Crippen LogP) is 3.80. The van der Waals surface area contributed by atoms with E-state index in [1.807, 2.05) is 51.1 Å². The van der Waals surface area contributed by atoms with Gasteiger partial charge in [0.15, 0.2) is 17.5 Å².